The molecule has 0 aliphatic rings. The van der Waals surface area contributed by atoms with E-state index in [2.05, 4.69) is 0 Å². The number of hydrogen-bond acceptors (Lipinski definition) is 5. The van der Waals surface area contributed by atoms with Crippen LogP contribution in [0.3, 0.4) is 0 Å². The summed E-state index contributed by atoms with van der Waals surface area (Å²) in [5.41, 5.74) is 2.75. The lowest BCUT2D eigenvalue weighted by atomic mass is 10.2. The molecule has 1 aromatic carbocycles. The van der Waals surface area contributed by atoms with E-state index in [-0.39, 0.29) is 10.9 Å². The van der Waals surface area contributed by atoms with Gasteiger partial charge in [0.05, 0.1) is 16.1 Å². The number of nitrogens with zero attached hydrogens (tertiary/aromatic N) is 1. The van der Waals surface area contributed by atoms with Crippen molar-refractivity contribution in [1.29, 1.82) is 0 Å². The lowest BCUT2D eigenvalue weighted by molar-refractivity contribution is -0.146. The molecule has 0 fully saturated rings. The lowest BCUT2D eigenvalue weighted by Gasteiger charge is -2.13. The predicted octanol–water partition coefficient (Wildman–Crippen LogP) is 5.08. The van der Waals surface area contributed by atoms with Crippen LogP contribution in [-0.4, -0.2) is 25.0 Å². The van der Waals surface area contributed by atoms with Crippen molar-refractivity contribution in [2.75, 3.05) is 6.26 Å². The second kappa shape index (κ2) is 7.81. The molecule has 28 heavy (non-hydrogen) atoms. The van der Waals surface area contributed by atoms with Crippen LogP contribution < -0.4 is 0 Å². The quantitative estimate of drug-likeness (QED) is 0.521. The Labute approximate surface area is 173 Å². The van der Waals surface area contributed by atoms with Gasteiger partial charge in [-0.3, -0.25) is 4.79 Å². The number of pyridine rings is 1. The van der Waals surface area contributed by atoms with Gasteiger partial charge >= 0.3 is 5.97 Å². The number of hydrogen-bond donors (Lipinski definition) is 0. The molecule has 0 saturated heterocycles. The summed E-state index contributed by atoms with van der Waals surface area (Å²) in [6.07, 6.45) is 2.62. The maximum Gasteiger partial charge on any atom is 0.303 e. The zero-order valence-electron chi connectivity index (χ0n) is 15.9. The molecule has 5 nitrogen and oxygen atoms in total. The summed E-state index contributed by atoms with van der Waals surface area (Å²) in [6, 6.07) is 10.4. The number of rotatable bonds is 5. The lowest BCUT2D eigenvalue weighted by Crippen LogP contribution is -2.08. The van der Waals surface area contributed by atoms with Gasteiger partial charge in [0, 0.05) is 34.2 Å². The SMILES string of the molecule is CC(=O)OC(C)c1c(C)c(Sc2ccc(S(C)(=O)=O)cc2)c2cc(Cl)ccn12. The number of aromatic nitrogens is 1. The van der Waals surface area contributed by atoms with Crippen molar-refractivity contribution in [2.24, 2.45) is 0 Å². The van der Waals surface area contributed by atoms with E-state index < -0.39 is 15.9 Å². The number of fused-ring (bicyclic) bond motifs is 1. The summed E-state index contributed by atoms with van der Waals surface area (Å²) in [6.45, 7) is 5.20. The highest BCUT2D eigenvalue weighted by Crippen LogP contribution is 2.40. The Morgan fingerprint density at radius 3 is 2.43 bits per heavy atom. The van der Waals surface area contributed by atoms with Gasteiger partial charge in [0.1, 0.15) is 6.10 Å². The van der Waals surface area contributed by atoms with Crippen molar-refractivity contribution < 1.29 is 17.9 Å². The van der Waals surface area contributed by atoms with Crippen LogP contribution in [0.15, 0.2) is 57.3 Å². The number of benzene rings is 1. The van der Waals surface area contributed by atoms with Crippen molar-refractivity contribution in [3.05, 3.63) is 58.9 Å². The van der Waals surface area contributed by atoms with Crippen molar-refractivity contribution in [1.82, 2.24) is 4.40 Å². The van der Waals surface area contributed by atoms with Gasteiger partial charge in [0.25, 0.3) is 0 Å². The van der Waals surface area contributed by atoms with Crippen molar-refractivity contribution >= 4 is 44.7 Å². The van der Waals surface area contributed by atoms with Gasteiger partial charge in [-0.05, 0) is 55.8 Å². The second-order valence-electron chi connectivity index (χ2n) is 6.54. The van der Waals surface area contributed by atoms with E-state index in [1.54, 1.807) is 30.3 Å². The molecule has 0 saturated carbocycles. The predicted molar refractivity (Wildman–Crippen MR) is 111 cm³/mol. The molecule has 0 aliphatic heterocycles. The third-order valence-electron chi connectivity index (χ3n) is 4.33. The Kier molecular flexibility index (Phi) is 5.79. The van der Waals surface area contributed by atoms with Crippen LogP contribution in [0.2, 0.25) is 5.02 Å². The standard InChI is InChI=1S/C20H20ClNO4S2/c1-12-19(13(2)26-14(3)23)22-10-9-15(21)11-18(22)20(12)27-16-5-7-17(8-6-16)28(4,24)25/h5-11,13H,1-4H3. The highest BCUT2D eigenvalue weighted by molar-refractivity contribution is 7.99. The summed E-state index contributed by atoms with van der Waals surface area (Å²) in [5.74, 6) is -0.346. The molecule has 3 rings (SSSR count). The van der Waals surface area contributed by atoms with E-state index in [1.165, 1.54) is 24.9 Å². The zero-order valence-corrected chi connectivity index (χ0v) is 18.3. The number of ether oxygens (including phenoxy) is 1. The first kappa shape index (κ1) is 20.8. The molecule has 2 aromatic heterocycles. The fourth-order valence-corrected chi connectivity index (χ4v) is 4.97. The van der Waals surface area contributed by atoms with Crippen molar-refractivity contribution in [2.45, 2.75) is 41.6 Å². The Balaban J connectivity index is 2.09. The molecular formula is C20H20ClNO4S2. The van der Waals surface area contributed by atoms with Crippen LogP contribution in [0.1, 0.15) is 31.2 Å². The fraction of sp³-hybridized carbons (Fsp3) is 0.250. The van der Waals surface area contributed by atoms with Crippen molar-refractivity contribution in [3.63, 3.8) is 0 Å². The fourth-order valence-electron chi connectivity index (χ4n) is 3.16. The minimum absolute atomic E-state index is 0.280. The van der Waals surface area contributed by atoms with E-state index in [0.29, 0.717) is 5.02 Å². The van der Waals surface area contributed by atoms with Gasteiger partial charge < -0.3 is 9.14 Å². The molecular weight excluding hydrogens is 418 g/mol. The Morgan fingerprint density at radius 1 is 1.21 bits per heavy atom. The van der Waals surface area contributed by atoms with Gasteiger partial charge in [-0.1, -0.05) is 23.4 Å². The molecule has 0 amide bonds. The summed E-state index contributed by atoms with van der Waals surface area (Å²) in [7, 11) is -3.24. The molecule has 0 N–H and O–H groups in total. The Bertz CT molecular complexity index is 1150. The van der Waals surface area contributed by atoms with Crippen LogP contribution in [0.5, 0.6) is 0 Å². The minimum Gasteiger partial charge on any atom is -0.456 e. The first-order valence-corrected chi connectivity index (χ1v) is 11.6. The van der Waals surface area contributed by atoms with Crippen molar-refractivity contribution in [3.8, 4) is 0 Å². The van der Waals surface area contributed by atoms with E-state index >= 15 is 0 Å². The third kappa shape index (κ3) is 4.21. The molecule has 8 heteroatoms. The number of sulfone groups is 1. The number of carbonyl (C=O) groups is 1. The average Bonchev–Trinajstić information content (AvgIpc) is 2.85. The molecule has 2 heterocycles. The average molecular weight is 438 g/mol. The Hall–Kier alpha value is -1.96. The van der Waals surface area contributed by atoms with Crippen LogP contribution >= 0.6 is 23.4 Å². The van der Waals surface area contributed by atoms with Gasteiger partial charge in [0.15, 0.2) is 9.84 Å². The van der Waals surface area contributed by atoms with E-state index in [1.807, 2.05) is 30.5 Å². The largest absolute Gasteiger partial charge is 0.456 e. The maximum atomic E-state index is 11.7. The molecule has 0 bridgehead atoms. The van der Waals surface area contributed by atoms with E-state index in [0.717, 1.165) is 26.6 Å². The molecule has 0 aliphatic carbocycles. The van der Waals surface area contributed by atoms with Gasteiger partial charge in [-0.2, -0.15) is 0 Å². The summed E-state index contributed by atoms with van der Waals surface area (Å²) < 4.78 is 30.7. The molecule has 0 spiro atoms. The molecule has 0 radical (unpaired) electrons. The highest BCUT2D eigenvalue weighted by atomic mass is 35.5. The van der Waals surface area contributed by atoms with E-state index in [4.69, 9.17) is 16.3 Å². The monoisotopic (exact) mass is 437 g/mol. The maximum absolute atomic E-state index is 11.7. The van der Waals surface area contributed by atoms with Gasteiger partial charge in [-0.15, -0.1) is 0 Å². The summed E-state index contributed by atoms with van der Waals surface area (Å²) in [4.78, 5) is 13.6. The van der Waals surface area contributed by atoms with E-state index in [9.17, 15) is 13.2 Å². The van der Waals surface area contributed by atoms with Crippen LogP contribution in [0.4, 0.5) is 0 Å². The number of esters is 1. The van der Waals surface area contributed by atoms with Gasteiger partial charge in [-0.25, -0.2) is 8.42 Å². The minimum atomic E-state index is -3.24. The number of halogens is 1. The highest BCUT2D eigenvalue weighted by Gasteiger charge is 2.22. The van der Waals surface area contributed by atoms with Gasteiger partial charge in [0.2, 0.25) is 0 Å². The second-order valence-corrected chi connectivity index (χ2v) is 10.1. The molecule has 1 atom stereocenters. The first-order valence-electron chi connectivity index (χ1n) is 8.53. The molecule has 1 unspecified atom stereocenters. The third-order valence-corrected chi connectivity index (χ3v) is 6.92. The van der Waals surface area contributed by atoms with Crippen LogP contribution in [0, 0.1) is 6.92 Å². The molecule has 3 aromatic rings. The summed E-state index contributed by atoms with van der Waals surface area (Å²) in [5, 5.41) is 0.603. The zero-order chi connectivity index (χ0) is 20.6. The topological polar surface area (TPSA) is 64.9 Å². The molecule has 148 valence electrons. The van der Waals surface area contributed by atoms with Crippen LogP contribution in [0.25, 0.3) is 5.52 Å². The Morgan fingerprint density at radius 2 is 1.86 bits per heavy atom. The van der Waals surface area contributed by atoms with Crippen LogP contribution in [-0.2, 0) is 19.4 Å². The first-order chi connectivity index (χ1) is 13.1. The smallest absolute Gasteiger partial charge is 0.303 e. The summed E-state index contributed by atoms with van der Waals surface area (Å²) >= 11 is 7.73. The number of carbonyl (C=O) groups excluding carboxylic acids is 1. The normalized spacial score (nSPS) is 12.9.